The Morgan fingerprint density at radius 3 is 1.50 bits per heavy atom. The summed E-state index contributed by atoms with van der Waals surface area (Å²) in [6.07, 6.45) is -3.42. The SMILES string of the molecule is CC(=O)N[C@@H]1[C@@H](OCc2ccccc2)O[C@@H](COC(c2ccccc2)(c2ccccc2)c2ccccc2)[C@@H](OS(C)(=O)=O)[C@@H]1OCc1ccccc1. The van der Waals surface area contributed by atoms with E-state index in [9.17, 15) is 13.2 Å². The number of rotatable bonds is 15. The summed E-state index contributed by atoms with van der Waals surface area (Å²) in [6, 6.07) is 47.6. The van der Waals surface area contributed by atoms with E-state index in [0.29, 0.717) is 0 Å². The van der Waals surface area contributed by atoms with Crippen LogP contribution in [0.3, 0.4) is 0 Å². The van der Waals surface area contributed by atoms with Crippen molar-refractivity contribution in [2.24, 2.45) is 0 Å². The lowest BCUT2D eigenvalue weighted by molar-refractivity contribution is -0.282. The molecule has 0 unspecified atom stereocenters. The first-order valence-corrected chi connectivity index (χ1v) is 19.0. The largest absolute Gasteiger partial charge is 0.368 e. The van der Waals surface area contributed by atoms with Crippen molar-refractivity contribution in [3.8, 4) is 0 Å². The number of carbonyl (C=O) groups is 1. The van der Waals surface area contributed by atoms with Crippen molar-refractivity contribution in [1.29, 1.82) is 0 Å². The zero-order chi connectivity index (χ0) is 36.4. The predicted octanol–water partition coefficient (Wildman–Crippen LogP) is 6.37. The van der Waals surface area contributed by atoms with Crippen molar-refractivity contribution in [3.05, 3.63) is 179 Å². The number of hydrogen-bond donors (Lipinski definition) is 1. The van der Waals surface area contributed by atoms with Crippen LogP contribution >= 0.6 is 0 Å². The zero-order valence-electron chi connectivity index (χ0n) is 29.1. The predicted molar refractivity (Wildman–Crippen MR) is 197 cm³/mol. The minimum atomic E-state index is -4.08. The lowest BCUT2D eigenvalue weighted by Crippen LogP contribution is -2.66. The quantitative estimate of drug-likeness (QED) is 0.0982. The van der Waals surface area contributed by atoms with Crippen LogP contribution in [-0.2, 0) is 56.9 Å². The molecule has 1 saturated heterocycles. The molecule has 9 nitrogen and oxygen atoms in total. The zero-order valence-corrected chi connectivity index (χ0v) is 29.9. The van der Waals surface area contributed by atoms with Crippen LogP contribution in [0, 0.1) is 0 Å². The fourth-order valence-corrected chi connectivity index (χ4v) is 7.22. The molecule has 5 aromatic rings. The molecule has 1 heterocycles. The molecule has 1 fully saturated rings. The number of ether oxygens (including phenoxy) is 4. The van der Waals surface area contributed by atoms with E-state index in [1.807, 2.05) is 152 Å². The van der Waals surface area contributed by atoms with Crippen molar-refractivity contribution >= 4 is 16.0 Å². The van der Waals surface area contributed by atoms with Gasteiger partial charge in [-0.15, -0.1) is 0 Å². The molecule has 1 N–H and O–H groups in total. The van der Waals surface area contributed by atoms with E-state index in [1.54, 1.807) is 0 Å². The van der Waals surface area contributed by atoms with Crippen LogP contribution in [0.5, 0.6) is 0 Å². The molecule has 0 radical (unpaired) electrons. The smallest absolute Gasteiger partial charge is 0.264 e. The first kappa shape index (κ1) is 37.1. The second-order valence-corrected chi connectivity index (χ2v) is 14.3. The molecule has 0 aromatic heterocycles. The van der Waals surface area contributed by atoms with E-state index in [2.05, 4.69) is 5.32 Å². The molecule has 10 heteroatoms. The fraction of sp³-hybridized carbons (Fsp3) is 0.262. The summed E-state index contributed by atoms with van der Waals surface area (Å²) >= 11 is 0. The fourth-order valence-electron chi connectivity index (χ4n) is 6.58. The standard InChI is InChI=1S/C42H43NO8S/c1-31(44)43-38-40(47-28-32-18-8-3-9-19-32)39(51-52(2,45)46)37(50-41(38)48-29-33-20-10-4-11-21-33)30-49-42(34-22-12-5-13-23-34,35-24-14-6-15-25-35)36-26-16-7-17-27-36/h3-27,37-41H,28-30H2,1-2H3,(H,43,44)/t37-,38-,39+,40+,41-/m0/s1. The topological polar surface area (TPSA) is 109 Å². The average molecular weight is 722 g/mol. The van der Waals surface area contributed by atoms with Gasteiger partial charge in [-0.05, 0) is 27.8 Å². The molecule has 270 valence electrons. The van der Waals surface area contributed by atoms with Gasteiger partial charge in [-0.1, -0.05) is 152 Å². The summed E-state index contributed by atoms with van der Waals surface area (Å²) in [7, 11) is -4.08. The summed E-state index contributed by atoms with van der Waals surface area (Å²) in [4.78, 5) is 12.7. The third-order valence-corrected chi connectivity index (χ3v) is 9.42. The normalized spacial score (nSPS) is 20.6. The minimum absolute atomic E-state index is 0.103. The van der Waals surface area contributed by atoms with Crippen LogP contribution in [0.25, 0.3) is 0 Å². The molecule has 0 saturated carbocycles. The number of benzene rings is 5. The van der Waals surface area contributed by atoms with Crippen LogP contribution in [0.1, 0.15) is 34.7 Å². The Morgan fingerprint density at radius 1 is 0.654 bits per heavy atom. The van der Waals surface area contributed by atoms with Crippen molar-refractivity contribution in [2.75, 3.05) is 12.9 Å². The Hall–Kier alpha value is -4.68. The highest BCUT2D eigenvalue weighted by atomic mass is 32.2. The van der Waals surface area contributed by atoms with Crippen LogP contribution in [0.15, 0.2) is 152 Å². The number of amides is 1. The summed E-state index contributed by atoms with van der Waals surface area (Å²) in [5.41, 5.74) is 3.15. The van der Waals surface area contributed by atoms with Gasteiger partial charge in [-0.2, -0.15) is 8.42 Å². The van der Waals surface area contributed by atoms with Gasteiger partial charge in [0, 0.05) is 6.92 Å². The summed E-state index contributed by atoms with van der Waals surface area (Å²) in [6.45, 7) is 1.48. The molecule has 1 aliphatic rings. The van der Waals surface area contributed by atoms with Gasteiger partial charge >= 0.3 is 0 Å². The van der Waals surface area contributed by atoms with Gasteiger partial charge in [0.1, 0.15) is 30.0 Å². The Balaban J connectivity index is 1.43. The monoisotopic (exact) mass is 721 g/mol. The van der Waals surface area contributed by atoms with Crippen molar-refractivity contribution in [3.63, 3.8) is 0 Å². The highest BCUT2D eigenvalue weighted by molar-refractivity contribution is 7.86. The average Bonchev–Trinajstić information content (AvgIpc) is 3.16. The van der Waals surface area contributed by atoms with Crippen LogP contribution in [0.4, 0.5) is 0 Å². The third kappa shape index (κ3) is 9.21. The lowest BCUT2D eigenvalue weighted by Gasteiger charge is -2.46. The highest BCUT2D eigenvalue weighted by Crippen LogP contribution is 2.41. The Bertz CT molecular complexity index is 1850. The minimum Gasteiger partial charge on any atom is -0.368 e. The molecular formula is C42H43NO8S. The van der Waals surface area contributed by atoms with E-state index in [-0.39, 0.29) is 25.7 Å². The van der Waals surface area contributed by atoms with Crippen molar-refractivity contribution in [2.45, 2.75) is 56.4 Å². The van der Waals surface area contributed by atoms with Crippen LogP contribution < -0.4 is 5.32 Å². The van der Waals surface area contributed by atoms with Gasteiger partial charge in [0.05, 0.1) is 26.1 Å². The second kappa shape index (κ2) is 17.2. The van der Waals surface area contributed by atoms with E-state index in [0.717, 1.165) is 34.1 Å². The van der Waals surface area contributed by atoms with Gasteiger partial charge in [0.25, 0.3) is 10.1 Å². The van der Waals surface area contributed by atoms with Crippen LogP contribution in [0.2, 0.25) is 0 Å². The van der Waals surface area contributed by atoms with E-state index < -0.39 is 46.4 Å². The molecule has 5 aromatic carbocycles. The van der Waals surface area contributed by atoms with Crippen molar-refractivity contribution in [1.82, 2.24) is 5.32 Å². The molecule has 6 rings (SSSR count). The summed E-state index contributed by atoms with van der Waals surface area (Å²) in [5.74, 6) is -0.376. The molecule has 5 atom stereocenters. The first-order valence-electron chi connectivity index (χ1n) is 17.2. The number of nitrogens with one attached hydrogen (secondary N) is 1. The van der Waals surface area contributed by atoms with E-state index in [4.69, 9.17) is 23.1 Å². The Kier molecular flexibility index (Phi) is 12.3. The van der Waals surface area contributed by atoms with E-state index >= 15 is 0 Å². The Labute approximate surface area is 305 Å². The Morgan fingerprint density at radius 2 is 1.08 bits per heavy atom. The molecule has 1 aliphatic heterocycles. The molecule has 0 aliphatic carbocycles. The number of hydrogen-bond acceptors (Lipinski definition) is 8. The molecule has 1 amide bonds. The van der Waals surface area contributed by atoms with Crippen molar-refractivity contribution < 1.29 is 36.3 Å². The lowest BCUT2D eigenvalue weighted by atomic mass is 9.80. The van der Waals surface area contributed by atoms with E-state index in [1.165, 1.54) is 6.92 Å². The highest BCUT2D eigenvalue weighted by Gasteiger charge is 2.51. The summed E-state index contributed by atoms with van der Waals surface area (Å²) in [5, 5.41) is 2.91. The maximum absolute atomic E-state index is 13.0. The molecule has 0 spiro atoms. The molecule has 0 bridgehead atoms. The van der Waals surface area contributed by atoms with Gasteiger partial charge in [-0.25, -0.2) is 0 Å². The van der Waals surface area contributed by atoms with Gasteiger partial charge in [-0.3, -0.25) is 8.98 Å². The second-order valence-electron chi connectivity index (χ2n) is 12.7. The van der Waals surface area contributed by atoms with Gasteiger partial charge in [0.2, 0.25) is 5.91 Å². The van der Waals surface area contributed by atoms with Gasteiger partial charge < -0.3 is 24.3 Å². The van der Waals surface area contributed by atoms with Gasteiger partial charge in [0.15, 0.2) is 6.29 Å². The number of carbonyl (C=O) groups excluding carboxylic acids is 1. The summed E-state index contributed by atoms with van der Waals surface area (Å²) < 4.78 is 58.4. The third-order valence-electron chi connectivity index (χ3n) is 8.85. The maximum Gasteiger partial charge on any atom is 0.264 e. The van der Waals surface area contributed by atoms with Crippen LogP contribution in [-0.4, -0.2) is 57.8 Å². The molecular weight excluding hydrogens is 679 g/mol. The molecule has 52 heavy (non-hydrogen) atoms. The first-order chi connectivity index (χ1) is 25.2. The maximum atomic E-state index is 13.0.